The minimum atomic E-state index is -0.447. The Hall–Kier alpha value is -7.66. The van der Waals surface area contributed by atoms with E-state index in [1.54, 1.807) is 0 Å². The largest absolute Gasteiger partial charge is 0.311 e. The van der Waals surface area contributed by atoms with Gasteiger partial charge in [-0.25, -0.2) is 0 Å². The third kappa shape index (κ3) is 5.35. The molecular weight excluding hydrogens is 840 g/mol. The van der Waals surface area contributed by atoms with E-state index in [1.807, 2.05) is 0 Å². The van der Waals surface area contributed by atoms with E-state index in [2.05, 4.69) is 261 Å². The van der Waals surface area contributed by atoms with Crippen molar-refractivity contribution >= 4 is 67.9 Å². The average molecular weight is 887 g/mol. The van der Waals surface area contributed by atoms with Crippen LogP contribution in [0.5, 0.6) is 0 Å². The van der Waals surface area contributed by atoms with Crippen LogP contribution in [0.1, 0.15) is 53.5 Å². The van der Waals surface area contributed by atoms with Gasteiger partial charge in [-0.1, -0.05) is 191 Å². The summed E-state index contributed by atoms with van der Waals surface area (Å²) in [6, 6.07) is 80.2. The minimum absolute atomic E-state index is 0.0132. The first-order chi connectivity index (χ1) is 33.3. The molecule has 2 nitrogen and oxygen atoms in total. The van der Waals surface area contributed by atoms with E-state index >= 15 is 0 Å². The van der Waals surface area contributed by atoms with Crippen molar-refractivity contribution in [2.75, 3.05) is 9.80 Å². The van der Waals surface area contributed by atoms with E-state index in [0.29, 0.717) is 0 Å². The highest BCUT2D eigenvalue weighted by Crippen LogP contribution is 2.67. The number of aryl methyl sites for hydroxylation is 1. The molecule has 322 valence electrons. The summed E-state index contributed by atoms with van der Waals surface area (Å²) in [6.45, 7) is 9.22. The third-order valence-corrected chi connectivity index (χ3v) is 16.6. The summed E-state index contributed by atoms with van der Waals surface area (Å²) in [7, 11) is 0. The molecule has 4 heteroatoms. The van der Waals surface area contributed by atoms with Gasteiger partial charge in [-0.2, -0.15) is 0 Å². The zero-order chi connectivity index (χ0) is 45.5. The molecule has 4 aliphatic rings. The molecular formula is C64H47BN2S. The summed E-state index contributed by atoms with van der Waals surface area (Å²) >= 11 is 2.05. The smallest absolute Gasteiger partial charge is 0.264 e. The number of nitrogens with zero attached hydrogens (tertiary/aromatic N) is 2. The van der Waals surface area contributed by atoms with Gasteiger partial charge in [-0.15, -0.1) is 11.3 Å². The summed E-state index contributed by atoms with van der Waals surface area (Å²) in [5, 5.41) is 0. The Labute approximate surface area is 403 Å². The van der Waals surface area contributed by atoms with Gasteiger partial charge >= 0.3 is 0 Å². The maximum Gasteiger partial charge on any atom is 0.264 e. The van der Waals surface area contributed by atoms with Crippen molar-refractivity contribution in [2.24, 2.45) is 0 Å². The van der Waals surface area contributed by atoms with Crippen LogP contribution in [0.3, 0.4) is 0 Å². The van der Waals surface area contributed by atoms with E-state index in [1.165, 1.54) is 121 Å². The van der Waals surface area contributed by atoms with Crippen LogP contribution >= 0.6 is 11.3 Å². The van der Waals surface area contributed by atoms with Crippen molar-refractivity contribution < 1.29 is 0 Å². The van der Waals surface area contributed by atoms with Gasteiger partial charge in [-0.05, 0) is 132 Å². The second-order valence-electron chi connectivity index (χ2n) is 20.0. The van der Waals surface area contributed by atoms with Crippen molar-refractivity contribution in [2.45, 2.75) is 38.5 Å². The number of fused-ring (bicyclic) bond motifs is 15. The Kier molecular flexibility index (Phi) is 8.38. The molecule has 0 fully saturated rings. The van der Waals surface area contributed by atoms with E-state index in [4.69, 9.17) is 0 Å². The minimum Gasteiger partial charge on any atom is -0.311 e. The standard InChI is InChI=1S/C64H47BN2S/c1-40-36-56-59-57(37-40)67(45-24-12-7-13-25-45)60-58-49-28-16-19-31-53(49)64(51-29-17-14-26-47(51)48-27-15-18-30-52(48)64)61(58)68-62(60)65(59)54-35-32-42(38-55(54)66(56)44-22-10-6-11-23-44)50-39-43(63(2,3)4)33-34-46(50)41-20-8-5-9-21-41/h5-39H,1-4H3. The molecule has 0 atom stereocenters. The van der Waals surface area contributed by atoms with Crippen LogP contribution in [-0.4, -0.2) is 6.71 Å². The van der Waals surface area contributed by atoms with Crippen LogP contribution in [0.15, 0.2) is 212 Å². The van der Waals surface area contributed by atoms with E-state index < -0.39 is 5.41 Å². The lowest BCUT2D eigenvalue weighted by Crippen LogP contribution is -2.60. The molecule has 2 aliphatic carbocycles. The zero-order valence-corrected chi connectivity index (χ0v) is 39.4. The van der Waals surface area contributed by atoms with Gasteiger partial charge in [0.15, 0.2) is 0 Å². The molecule has 2 aliphatic heterocycles. The van der Waals surface area contributed by atoms with E-state index in [-0.39, 0.29) is 12.1 Å². The first-order valence-electron chi connectivity index (χ1n) is 24.0. The Balaban J connectivity index is 1.10. The molecule has 0 N–H and O–H groups in total. The highest BCUT2D eigenvalue weighted by molar-refractivity contribution is 7.30. The molecule has 10 aromatic rings. The van der Waals surface area contributed by atoms with Crippen LogP contribution in [0, 0.1) is 6.92 Å². The molecule has 68 heavy (non-hydrogen) atoms. The summed E-state index contributed by atoms with van der Waals surface area (Å²) in [6.07, 6.45) is 0. The normalized spacial score (nSPS) is 14.2. The Morgan fingerprint density at radius 3 is 1.63 bits per heavy atom. The fourth-order valence-corrected chi connectivity index (χ4v) is 14.0. The first-order valence-corrected chi connectivity index (χ1v) is 24.8. The van der Waals surface area contributed by atoms with Crippen LogP contribution in [0.25, 0.3) is 44.5 Å². The zero-order valence-electron chi connectivity index (χ0n) is 38.6. The van der Waals surface area contributed by atoms with Crippen molar-refractivity contribution in [1.82, 2.24) is 0 Å². The maximum absolute atomic E-state index is 2.63. The van der Waals surface area contributed by atoms with Gasteiger partial charge in [0.2, 0.25) is 0 Å². The molecule has 9 aromatic carbocycles. The molecule has 1 aromatic heterocycles. The lowest BCUT2D eigenvalue weighted by molar-refractivity contribution is 0.590. The highest BCUT2D eigenvalue weighted by Gasteiger charge is 2.56. The predicted molar refractivity (Wildman–Crippen MR) is 289 cm³/mol. The number of hydrogen-bond acceptors (Lipinski definition) is 3. The molecule has 3 heterocycles. The number of hydrogen-bond donors (Lipinski definition) is 0. The molecule has 0 bridgehead atoms. The summed E-state index contributed by atoms with van der Waals surface area (Å²) in [5.74, 6) is 0. The fourth-order valence-electron chi connectivity index (χ4n) is 12.4. The Morgan fingerprint density at radius 1 is 0.456 bits per heavy atom. The Morgan fingerprint density at radius 2 is 1.00 bits per heavy atom. The van der Waals surface area contributed by atoms with Crippen molar-refractivity contribution in [3.63, 3.8) is 0 Å². The third-order valence-electron chi connectivity index (χ3n) is 15.2. The molecule has 0 amide bonds. The monoisotopic (exact) mass is 886 g/mol. The molecule has 0 unspecified atom stereocenters. The second-order valence-corrected chi connectivity index (χ2v) is 21.1. The van der Waals surface area contributed by atoms with Gasteiger partial charge in [0.1, 0.15) is 0 Å². The molecule has 0 saturated carbocycles. The molecule has 0 saturated heterocycles. The number of rotatable bonds is 4. The van der Waals surface area contributed by atoms with Crippen molar-refractivity contribution in [3.8, 4) is 44.5 Å². The van der Waals surface area contributed by atoms with Gasteiger partial charge < -0.3 is 9.80 Å². The summed E-state index contributed by atoms with van der Waals surface area (Å²) in [4.78, 5) is 6.61. The lowest BCUT2D eigenvalue weighted by atomic mass is 9.36. The number of thiophene rings is 1. The summed E-state index contributed by atoms with van der Waals surface area (Å²) in [5.41, 5.74) is 26.5. The van der Waals surface area contributed by atoms with Crippen molar-refractivity contribution in [3.05, 3.63) is 245 Å². The van der Waals surface area contributed by atoms with E-state index in [0.717, 1.165) is 5.69 Å². The van der Waals surface area contributed by atoms with Gasteiger partial charge in [0, 0.05) is 43.7 Å². The summed E-state index contributed by atoms with van der Waals surface area (Å²) < 4.78 is 1.40. The van der Waals surface area contributed by atoms with E-state index in [9.17, 15) is 0 Å². The average Bonchev–Trinajstić information content (AvgIpc) is 4.00. The van der Waals surface area contributed by atoms with Crippen LogP contribution in [0.4, 0.5) is 34.1 Å². The first kappa shape index (κ1) is 39.5. The quantitative estimate of drug-likeness (QED) is 0.163. The molecule has 14 rings (SSSR count). The van der Waals surface area contributed by atoms with Gasteiger partial charge in [0.05, 0.1) is 11.1 Å². The molecule has 0 radical (unpaired) electrons. The maximum atomic E-state index is 2.63. The SMILES string of the molecule is Cc1cc2c3c(c1)N(c1ccccc1)c1c(sc4c1-c1ccccc1C41c4ccccc4-c4ccccc41)B3c1ccc(-c3cc(C(C)(C)C)ccc3-c3ccccc3)cc1N2c1ccccc1. The highest BCUT2D eigenvalue weighted by atomic mass is 32.1. The molecule has 1 spiro atoms. The van der Waals surface area contributed by atoms with Crippen LogP contribution < -0.4 is 25.5 Å². The second kappa shape index (κ2) is 14.4. The van der Waals surface area contributed by atoms with Gasteiger partial charge in [-0.3, -0.25) is 0 Å². The number of para-hydroxylation sites is 2. The number of anilines is 6. The Bertz CT molecular complexity index is 3650. The van der Waals surface area contributed by atoms with Crippen molar-refractivity contribution in [1.29, 1.82) is 0 Å². The lowest BCUT2D eigenvalue weighted by Gasteiger charge is -2.43. The van der Waals surface area contributed by atoms with Crippen LogP contribution in [0.2, 0.25) is 0 Å². The predicted octanol–water partition coefficient (Wildman–Crippen LogP) is 15.1. The number of benzene rings is 9. The van der Waals surface area contributed by atoms with Crippen LogP contribution in [-0.2, 0) is 10.8 Å². The topological polar surface area (TPSA) is 6.48 Å². The fraction of sp³-hybridized carbons (Fsp3) is 0.0938. The van der Waals surface area contributed by atoms with Gasteiger partial charge in [0.25, 0.3) is 6.71 Å².